The van der Waals surface area contributed by atoms with Crippen LogP contribution in [0.1, 0.15) is 0 Å². The van der Waals surface area contributed by atoms with E-state index in [0.717, 1.165) is 14.2 Å². The Hall–Kier alpha value is -2.29. The van der Waals surface area contributed by atoms with Crippen molar-refractivity contribution in [2.45, 2.75) is 11.7 Å². The first kappa shape index (κ1) is 23.7. The second kappa shape index (κ2) is 10.0. The summed E-state index contributed by atoms with van der Waals surface area (Å²) in [6, 6.07) is 0. The molecule has 17 heteroatoms. The molecule has 0 aromatic carbocycles. The topological polar surface area (TPSA) is 158 Å². The van der Waals surface area contributed by atoms with Crippen LogP contribution in [0, 0.1) is 0 Å². The van der Waals surface area contributed by atoms with Gasteiger partial charge in [0.1, 0.15) is 6.54 Å². The minimum atomic E-state index is -5.49. The molecule has 0 rings (SSSR count). The Morgan fingerprint density at radius 3 is 1.77 bits per heavy atom. The Morgan fingerprint density at radius 2 is 1.50 bits per heavy atom. The minimum Gasteiger partial charge on any atom is -0.480 e. The second-order valence-electron chi connectivity index (χ2n) is 4.08. The fourth-order valence-electron chi connectivity index (χ4n) is 1.29. The summed E-state index contributed by atoms with van der Waals surface area (Å²) in [5.41, 5.74) is 4.76. The zero-order valence-corrected chi connectivity index (χ0v) is 14.9. The molecule has 0 heterocycles. The number of halogens is 3. The fourth-order valence-corrected chi connectivity index (χ4v) is 2.44. The Bertz CT molecular complexity index is 558. The number of ether oxygens (including phenoxy) is 2. The standard InChI is InChI=1S/C9H13F3N5O7PS/c1-23-6(21)13-15-9(25-26,16-14-7(22)24-2)17(3-4(18)19)5(20)8(10,11)12/h15-16H,3H2,1-2H3,(H,13,21)(H,14,22)(H,18,19)/p+1. The van der Waals surface area contributed by atoms with Crippen molar-refractivity contribution < 1.29 is 46.9 Å². The van der Waals surface area contributed by atoms with Crippen LogP contribution in [0.3, 0.4) is 0 Å². The first-order valence-electron chi connectivity index (χ1n) is 6.15. The molecule has 0 bridgehead atoms. The highest BCUT2D eigenvalue weighted by Crippen LogP contribution is 2.27. The number of rotatable bonds is 8. The third kappa shape index (κ3) is 6.91. The molecule has 1 unspecified atom stereocenters. The number of methoxy groups -OCH3 is 2. The lowest BCUT2D eigenvalue weighted by Crippen LogP contribution is -2.74. The number of nitrogens with zero attached hydrogens (tertiary/aromatic N) is 1. The van der Waals surface area contributed by atoms with Gasteiger partial charge in [-0.25, -0.2) is 20.4 Å². The van der Waals surface area contributed by atoms with Gasteiger partial charge in [-0.1, -0.05) is 0 Å². The van der Waals surface area contributed by atoms with E-state index in [9.17, 15) is 32.3 Å². The molecule has 148 valence electrons. The highest BCUT2D eigenvalue weighted by molar-refractivity contribution is 7.97. The zero-order valence-electron chi connectivity index (χ0n) is 13.1. The van der Waals surface area contributed by atoms with Gasteiger partial charge >= 0.3 is 35.8 Å². The molecule has 0 aliphatic rings. The van der Waals surface area contributed by atoms with Gasteiger partial charge in [0.15, 0.2) is 11.8 Å². The number of carboxylic acids is 1. The largest absolute Gasteiger partial charge is 0.480 e. The summed E-state index contributed by atoms with van der Waals surface area (Å²) in [5.74, 6) is -4.45. The molecule has 12 nitrogen and oxygen atoms in total. The van der Waals surface area contributed by atoms with E-state index in [-0.39, 0.29) is 4.90 Å². The number of alkyl halides is 3. The average molecular weight is 424 g/mol. The van der Waals surface area contributed by atoms with E-state index in [1.54, 1.807) is 10.9 Å². The number of carbonyl (C=O) groups excluding carboxylic acids is 3. The SMILES string of the molecule is COC(=O)NNC(NNC(=O)OC)([PH+]=S)N(CC(=O)O)C(=O)C(F)(F)F. The third-order valence-corrected chi connectivity index (χ3v) is 4.10. The number of hydrogen-bond acceptors (Lipinski definition) is 9. The molecule has 0 aromatic rings. The molecule has 0 saturated heterocycles. The van der Waals surface area contributed by atoms with Crippen LogP contribution in [-0.2, 0) is 30.9 Å². The van der Waals surface area contributed by atoms with Crippen molar-refractivity contribution in [1.82, 2.24) is 26.6 Å². The van der Waals surface area contributed by atoms with Crippen molar-refractivity contribution >= 4 is 43.2 Å². The normalized spacial score (nSPS) is 11.4. The molecule has 3 amide bonds. The molecule has 0 radical (unpaired) electrons. The van der Waals surface area contributed by atoms with Gasteiger partial charge in [-0.15, -0.1) is 0 Å². The summed E-state index contributed by atoms with van der Waals surface area (Å²) in [6.45, 7) is -1.49. The lowest BCUT2D eigenvalue weighted by molar-refractivity contribution is -0.192. The van der Waals surface area contributed by atoms with Gasteiger partial charge in [-0.2, -0.15) is 24.0 Å². The Morgan fingerprint density at radius 1 is 1.08 bits per heavy atom. The molecular weight excluding hydrogens is 410 g/mol. The maximum Gasteiger partial charge on any atom is 0.471 e. The van der Waals surface area contributed by atoms with Crippen molar-refractivity contribution in [3.8, 4) is 0 Å². The number of carboxylic acid groups (broad SMARTS) is 1. The number of hydrogen-bond donors (Lipinski definition) is 5. The molecule has 5 N–H and O–H groups in total. The first-order chi connectivity index (χ1) is 11.9. The summed E-state index contributed by atoms with van der Waals surface area (Å²) in [7, 11) is 0.678. The van der Waals surface area contributed by atoms with E-state index < -0.39 is 49.7 Å². The third-order valence-electron chi connectivity index (χ3n) is 2.40. The van der Waals surface area contributed by atoms with E-state index in [2.05, 4.69) is 9.47 Å². The molecule has 0 aromatic heterocycles. The van der Waals surface area contributed by atoms with Crippen LogP contribution in [0.5, 0.6) is 0 Å². The molecule has 26 heavy (non-hydrogen) atoms. The average Bonchev–Trinajstić information content (AvgIpc) is 2.58. The number of nitrogens with one attached hydrogen (secondary N) is 4. The molecule has 0 fully saturated rings. The number of aliphatic carboxylic acids is 1. The molecule has 1 atom stereocenters. The molecular formula is C9H14F3N5O7PS+. The van der Waals surface area contributed by atoms with Gasteiger partial charge in [-0.05, 0) is 0 Å². The molecule has 0 aliphatic heterocycles. The van der Waals surface area contributed by atoms with Gasteiger partial charge in [-0.3, -0.25) is 14.5 Å². The first-order valence-corrected chi connectivity index (χ1v) is 8.29. The lowest BCUT2D eigenvalue weighted by atomic mass is 10.4. The number of amides is 3. The van der Waals surface area contributed by atoms with Gasteiger partial charge < -0.3 is 14.6 Å². The van der Waals surface area contributed by atoms with Crippen molar-refractivity contribution in [3.05, 3.63) is 0 Å². The predicted octanol–water partition coefficient (Wildman–Crippen LogP) is -1.07. The zero-order chi connectivity index (χ0) is 20.5. The molecule has 0 saturated carbocycles. The van der Waals surface area contributed by atoms with E-state index >= 15 is 0 Å². The quantitative estimate of drug-likeness (QED) is 0.185. The summed E-state index contributed by atoms with van der Waals surface area (Å²) >= 11 is 4.70. The predicted molar refractivity (Wildman–Crippen MR) is 81.2 cm³/mol. The highest BCUT2D eigenvalue weighted by Gasteiger charge is 2.55. The van der Waals surface area contributed by atoms with Crippen LogP contribution in [0.15, 0.2) is 0 Å². The summed E-state index contributed by atoms with van der Waals surface area (Å²) in [4.78, 5) is 44.7. The van der Waals surface area contributed by atoms with Crippen LogP contribution in [0.2, 0.25) is 0 Å². The smallest absolute Gasteiger partial charge is 0.471 e. The van der Waals surface area contributed by atoms with Crippen molar-refractivity contribution in [2.24, 2.45) is 0 Å². The Labute approximate surface area is 150 Å². The second-order valence-corrected chi connectivity index (χ2v) is 5.62. The Kier molecular flexibility index (Phi) is 9.12. The number of carbonyl (C=O) groups is 4. The van der Waals surface area contributed by atoms with Crippen LogP contribution in [0.25, 0.3) is 0 Å². The van der Waals surface area contributed by atoms with Crippen LogP contribution in [-0.4, -0.2) is 66.5 Å². The lowest BCUT2D eigenvalue weighted by Gasteiger charge is -2.34. The van der Waals surface area contributed by atoms with Crippen LogP contribution >= 0.6 is 7.36 Å². The molecule has 0 aliphatic carbocycles. The van der Waals surface area contributed by atoms with Crippen molar-refractivity contribution in [2.75, 3.05) is 20.8 Å². The van der Waals surface area contributed by atoms with Gasteiger partial charge in [0.25, 0.3) is 0 Å². The highest BCUT2D eigenvalue weighted by atomic mass is 32.4. The van der Waals surface area contributed by atoms with Gasteiger partial charge in [0.2, 0.25) is 7.36 Å². The Balaban J connectivity index is 5.98. The van der Waals surface area contributed by atoms with Gasteiger partial charge in [0.05, 0.1) is 14.2 Å². The maximum atomic E-state index is 12.9. The van der Waals surface area contributed by atoms with E-state index in [1.165, 1.54) is 0 Å². The number of hydrazine groups is 2. The van der Waals surface area contributed by atoms with E-state index in [1.807, 2.05) is 10.9 Å². The summed E-state index contributed by atoms with van der Waals surface area (Å²) in [5, 5.41) is 8.83. The maximum absolute atomic E-state index is 12.9. The van der Waals surface area contributed by atoms with Crippen LogP contribution < -0.4 is 21.7 Å². The van der Waals surface area contributed by atoms with Crippen LogP contribution in [0.4, 0.5) is 22.8 Å². The van der Waals surface area contributed by atoms with E-state index in [0.29, 0.717) is 0 Å². The minimum absolute atomic E-state index is 0.271. The molecule has 0 spiro atoms. The summed E-state index contributed by atoms with van der Waals surface area (Å²) in [6.07, 6.45) is -7.91. The summed E-state index contributed by atoms with van der Waals surface area (Å²) < 4.78 is 47.0. The fraction of sp³-hybridized carbons (Fsp3) is 0.556. The van der Waals surface area contributed by atoms with E-state index in [4.69, 9.17) is 16.9 Å². The monoisotopic (exact) mass is 424 g/mol. The van der Waals surface area contributed by atoms with Crippen molar-refractivity contribution in [3.63, 3.8) is 0 Å². The van der Waals surface area contributed by atoms with Gasteiger partial charge in [0, 0.05) is 0 Å². The van der Waals surface area contributed by atoms with Crippen molar-refractivity contribution in [1.29, 1.82) is 0 Å².